The average Bonchev–Trinajstić information content (AvgIpc) is 3.46. The van der Waals surface area contributed by atoms with Crippen molar-refractivity contribution in [2.45, 2.75) is 30.6 Å². The Labute approximate surface area is 160 Å². The predicted molar refractivity (Wildman–Crippen MR) is 102 cm³/mol. The molecule has 1 saturated heterocycles. The fourth-order valence-corrected chi connectivity index (χ4v) is 4.21. The number of ether oxygens (including phenoxy) is 2. The molecule has 146 valence electrons. The second-order valence-corrected chi connectivity index (χ2v) is 8.68. The van der Waals surface area contributed by atoms with Crippen LogP contribution < -0.4 is 0 Å². The number of sulfonamides is 1. The van der Waals surface area contributed by atoms with Crippen LogP contribution in [0.4, 0.5) is 0 Å². The third-order valence-electron chi connectivity index (χ3n) is 4.30. The van der Waals surface area contributed by atoms with E-state index in [1.165, 1.54) is 4.31 Å². The van der Waals surface area contributed by atoms with Gasteiger partial charge in [-0.25, -0.2) is 8.42 Å². The van der Waals surface area contributed by atoms with E-state index in [2.05, 4.69) is 0 Å². The van der Waals surface area contributed by atoms with E-state index in [1.54, 1.807) is 24.3 Å². The van der Waals surface area contributed by atoms with Crippen LogP contribution in [0.1, 0.15) is 11.1 Å². The molecule has 0 bridgehead atoms. The third-order valence-corrected chi connectivity index (χ3v) is 6.15. The summed E-state index contributed by atoms with van der Waals surface area (Å²) in [5, 5.41) is 10.3. The second kappa shape index (κ2) is 8.95. The lowest BCUT2D eigenvalue weighted by molar-refractivity contribution is 0.0198. The van der Waals surface area contributed by atoms with Crippen molar-refractivity contribution in [3.8, 4) is 0 Å². The number of rotatable bonds is 10. The minimum absolute atomic E-state index is 0.0368. The topological polar surface area (TPSA) is 79.4 Å². The molecule has 27 heavy (non-hydrogen) atoms. The van der Waals surface area contributed by atoms with Gasteiger partial charge in [-0.1, -0.05) is 48.0 Å². The molecule has 0 aromatic heterocycles. The van der Waals surface area contributed by atoms with Crippen molar-refractivity contribution in [3.05, 3.63) is 65.7 Å². The van der Waals surface area contributed by atoms with E-state index >= 15 is 0 Å². The largest absolute Gasteiger partial charge is 0.389 e. The first-order valence-electron chi connectivity index (χ1n) is 8.93. The van der Waals surface area contributed by atoms with Gasteiger partial charge in [-0.05, 0) is 24.6 Å². The standard InChI is InChI=1S/C20H25NO5S/c1-16-7-9-20(10-8-16)27(23,24)21(12-19-15-26-19)11-18(22)14-25-13-17-5-3-2-4-6-17/h2-10,18-19,22H,11-15H2,1H3/t18-,19+/m1/s1. The van der Waals surface area contributed by atoms with E-state index in [0.29, 0.717) is 13.2 Å². The highest BCUT2D eigenvalue weighted by atomic mass is 32.2. The molecule has 2 aromatic carbocycles. The number of hydrogen-bond acceptors (Lipinski definition) is 5. The Morgan fingerprint density at radius 1 is 1.19 bits per heavy atom. The number of hydrogen-bond donors (Lipinski definition) is 1. The summed E-state index contributed by atoms with van der Waals surface area (Å²) in [6.07, 6.45) is -1.03. The van der Waals surface area contributed by atoms with Crippen LogP contribution in [-0.2, 0) is 26.1 Å². The predicted octanol–water partition coefficient (Wildman–Crippen LogP) is 1.96. The molecule has 0 spiro atoms. The smallest absolute Gasteiger partial charge is 0.243 e. The molecule has 1 heterocycles. The molecule has 0 aliphatic carbocycles. The van der Waals surface area contributed by atoms with E-state index in [4.69, 9.17) is 9.47 Å². The Hall–Kier alpha value is -1.77. The minimum atomic E-state index is -3.71. The lowest BCUT2D eigenvalue weighted by Crippen LogP contribution is -2.41. The molecule has 0 unspecified atom stereocenters. The first kappa shape index (κ1) is 20.0. The van der Waals surface area contributed by atoms with Crippen molar-refractivity contribution in [2.75, 3.05) is 26.3 Å². The second-order valence-electron chi connectivity index (χ2n) is 6.74. The molecule has 0 amide bonds. The van der Waals surface area contributed by atoms with E-state index in [9.17, 15) is 13.5 Å². The number of aliphatic hydroxyl groups excluding tert-OH is 1. The summed E-state index contributed by atoms with van der Waals surface area (Å²) in [6.45, 7) is 3.06. The van der Waals surface area contributed by atoms with Crippen LogP contribution in [0.25, 0.3) is 0 Å². The molecule has 1 fully saturated rings. The van der Waals surface area contributed by atoms with E-state index in [-0.39, 0.29) is 30.7 Å². The lowest BCUT2D eigenvalue weighted by atomic mass is 10.2. The van der Waals surface area contributed by atoms with Crippen molar-refractivity contribution in [1.29, 1.82) is 0 Å². The van der Waals surface area contributed by atoms with Gasteiger partial charge in [-0.3, -0.25) is 0 Å². The van der Waals surface area contributed by atoms with Gasteiger partial charge < -0.3 is 14.6 Å². The number of benzene rings is 2. The van der Waals surface area contributed by atoms with Gasteiger partial charge in [-0.15, -0.1) is 0 Å². The lowest BCUT2D eigenvalue weighted by Gasteiger charge is -2.24. The fraction of sp³-hybridized carbons (Fsp3) is 0.400. The minimum Gasteiger partial charge on any atom is -0.389 e. The van der Waals surface area contributed by atoms with E-state index < -0.39 is 16.1 Å². The molecule has 3 rings (SSSR count). The zero-order chi connectivity index (χ0) is 19.3. The van der Waals surface area contributed by atoms with Gasteiger partial charge in [0.1, 0.15) is 0 Å². The van der Waals surface area contributed by atoms with Crippen molar-refractivity contribution < 1.29 is 23.0 Å². The van der Waals surface area contributed by atoms with Gasteiger partial charge >= 0.3 is 0 Å². The molecule has 0 saturated carbocycles. The summed E-state index contributed by atoms with van der Waals surface area (Å²) in [5.74, 6) is 0. The van der Waals surface area contributed by atoms with Crippen LogP contribution in [0.15, 0.2) is 59.5 Å². The maximum Gasteiger partial charge on any atom is 0.243 e. The Balaban J connectivity index is 1.61. The van der Waals surface area contributed by atoms with Crippen LogP contribution in [-0.4, -0.2) is 56.3 Å². The van der Waals surface area contributed by atoms with Crippen molar-refractivity contribution in [1.82, 2.24) is 4.31 Å². The van der Waals surface area contributed by atoms with Gasteiger partial charge in [0, 0.05) is 13.1 Å². The van der Waals surface area contributed by atoms with Crippen LogP contribution in [0.3, 0.4) is 0 Å². The number of epoxide rings is 1. The highest BCUT2D eigenvalue weighted by Crippen LogP contribution is 2.20. The summed E-state index contributed by atoms with van der Waals surface area (Å²) in [5.41, 5.74) is 1.99. The monoisotopic (exact) mass is 391 g/mol. The van der Waals surface area contributed by atoms with E-state index in [1.807, 2.05) is 37.3 Å². The summed E-state index contributed by atoms with van der Waals surface area (Å²) < 4.78 is 37.9. The molecule has 1 N–H and O–H groups in total. The number of aryl methyl sites for hydroxylation is 1. The maximum atomic E-state index is 13.0. The van der Waals surface area contributed by atoms with Gasteiger partial charge in [0.2, 0.25) is 10.0 Å². The summed E-state index contributed by atoms with van der Waals surface area (Å²) in [6, 6.07) is 16.3. The molecule has 6 nitrogen and oxygen atoms in total. The molecule has 0 radical (unpaired) electrons. The molecule has 2 atom stereocenters. The normalized spacial score (nSPS) is 17.8. The highest BCUT2D eigenvalue weighted by molar-refractivity contribution is 7.89. The molecule has 7 heteroatoms. The first-order valence-corrected chi connectivity index (χ1v) is 10.4. The zero-order valence-electron chi connectivity index (χ0n) is 15.3. The molecule has 2 aromatic rings. The Morgan fingerprint density at radius 2 is 1.85 bits per heavy atom. The van der Waals surface area contributed by atoms with Crippen LogP contribution in [0.5, 0.6) is 0 Å². The van der Waals surface area contributed by atoms with Crippen molar-refractivity contribution in [2.24, 2.45) is 0 Å². The maximum absolute atomic E-state index is 13.0. The third kappa shape index (κ3) is 5.85. The summed E-state index contributed by atoms with van der Waals surface area (Å²) in [4.78, 5) is 0.214. The number of aliphatic hydroxyl groups is 1. The molecular formula is C20H25NO5S. The summed E-state index contributed by atoms with van der Waals surface area (Å²) in [7, 11) is -3.71. The van der Waals surface area contributed by atoms with Gasteiger partial charge in [-0.2, -0.15) is 4.31 Å². The van der Waals surface area contributed by atoms with Crippen LogP contribution in [0.2, 0.25) is 0 Å². The summed E-state index contributed by atoms with van der Waals surface area (Å²) >= 11 is 0. The SMILES string of the molecule is Cc1ccc(S(=O)(=O)N(C[C@@H](O)COCc2ccccc2)C[C@H]2CO2)cc1. The Morgan fingerprint density at radius 3 is 2.48 bits per heavy atom. The van der Waals surface area contributed by atoms with Crippen molar-refractivity contribution in [3.63, 3.8) is 0 Å². The first-order chi connectivity index (χ1) is 12.9. The zero-order valence-corrected chi connectivity index (χ0v) is 16.1. The quantitative estimate of drug-likeness (QED) is 0.627. The number of nitrogens with zero attached hydrogens (tertiary/aromatic N) is 1. The Kier molecular flexibility index (Phi) is 6.62. The highest BCUT2D eigenvalue weighted by Gasteiger charge is 2.33. The van der Waals surface area contributed by atoms with Crippen LogP contribution in [0, 0.1) is 6.92 Å². The van der Waals surface area contributed by atoms with Crippen LogP contribution >= 0.6 is 0 Å². The molecule has 1 aliphatic heterocycles. The molecule has 1 aliphatic rings. The fourth-order valence-electron chi connectivity index (χ4n) is 2.71. The van der Waals surface area contributed by atoms with Crippen molar-refractivity contribution >= 4 is 10.0 Å². The molecular weight excluding hydrogens is 366 g/mol. The van der Waals surface area contributed by atoms with Gasteiger partial charge in [0.05, 0.1) is 36.9 Å². The average molecular weight is 391 g/mol. The van der Waals surface area contributed by atoms with E-state index in [0.717, 1.165) is 11.1 Å². The van der Waals surface area contributed by atoms with Gasteiger partial charge in [0.15, 0.2) is 0 Å². The Bertz CT molecular complexity index is 819. The van der Waals surface area contributed by atoms with Gasteiger partial charge in [0.25, 0.3) is 0 Å².